The van der Waals surface area contributed by atoms with Crippen LogP contribution in [-0.4, -0.2) is 27.8 Å². The second kappa shape index (κ2) is 8.71. The number of aromatic nitrogens is 2. The lowest BCUT2D eigenvalue weighted by molar-refractivity contribution is -0.147. The van der Waals surface area contributed by atoms with Gasteiger partial charge in [-0.1, -0.05) is 55.4 Å². The van der Waals surface area contributed by atoms with Crippen molar-refractivity contribution in [2.45, 2.75) is 50.8 Å². The zero-order valence-electron chi connectivity index (χ0n) is 16.6. The summed E-state index contributed by atoms with van der Waals surface area (Å²) in [5.74, 6) is 0.509. The minimum Gasteiger partial charge on any atom is -0.462 e. The van der Waals surface area contributed by atoms with Crippen LogP contribution in [0.2, 0.25) is 0 Å². The average Bonchev–Trinajstić information content (AvgIpc) is 3.03. The number of carbonyl (C=O) groups excluding carboxylic acids is 1. The van der Waals surface area contributed by atoms with Gasteiger partial charge in [0.15, 0.2) is 5.16 Å². The monoisotopic (exact) mass is 428 g/mol. The Hall–Kier alpha value is -2.12. The number of hydrogen-bond donors (Lipinski definition) is 1. The van der Waals surface area contributed by atoms with Crippen molar-refractivity contribution in [1.29, 1.82) is 0 Å². The summed E-state index contributed by atoms with van der Waals surface area (Å²) in [5, 5.41) is 1.07. The van der Waals surface area contributed by atoms with Crippen LogP contribution in [0.5, 0.6) is 0 Å². The Labute approximate surface area is 177 Å². The lowest BCUT2D eigenvalue weighted by Gasteiger charge is -2.26. The van der Waals surface area contributed by atoms with Gasteiger partial charge in [-0.05, 0) is 37.7 Å². The van der Waals surface area contributed by atoms with E-state index in [0.717, 1.165) is 35.3 Å². The predicted molar refractivity (Wildman–Crippen MR) is 119 cm³/mol. The van der Waals surface area contributed by atoms with Crippen LogP contribution in [0, 0.1) is 12.8 Å². The van der Waals surface area contributed by atoms with Gasteiger partial charge >= 0.3 is 5.97 Å². The number of ether oxygens (including phenoxy) is 1. The summed E-state index contributed by atoms with van der Waals surface area (Å²) in [6, 6.07) is 9.88. The summed E-state index contributed by atoms with van der Waals surface area (Å²) >= 11 is 2.73. The van der Waals surface area contributed by atoms with E-state index in [-0.39, 0.29) is 23.4 Å². The van der Waals surface area contributed by atoms with Gasteiger partial charge in [-0.3, -0.25) is 9.59 Å². The second-order valence-electron chi connectivity index (χ2n) is 7.62. The van der Waals surface area contributed by atoms with Crippen LogP contribution in [0.4, 0.5) is 0 Å². The summed E-state index contributed by atoms with van der Waals surface area (Å²) < 4.78 is 5.61. The van der Waals surface area contributed by atoms with Crippen molar-refractivity contribution in [3.05, 3.63) is 45.6 Å². The van der Waals surface area contributed by atoms with Crippen LogP contribution >= 0.6 is 23.1 Å². The topological polar surface area (TPSA) is 72.0 Å². The predicted octanol–water partition coefficient (Wildman–Crippen LogP) is 5.17. The summed E-state index contributed by atoms with van der Waals surface area (Å²) in [7, 11) is 0. The smallest absolute Gasteiger partial charge is 0.316 e. The van der Waals surface area contributed by atoms with Crippen molar-refractivity contribution < 1.29 is 9.53 Å². The molecule has 2 unspecified atom stereocenters. The Balaban J connectivity index is 1.49. The number of esters is 1. The Morgan fingerprint density at radius 2 is 2.10 bits per heavy atom. The Kier molecular flexibility index (Phi) is 6.06. The van der Waals surface area contributed by atoms with Crippen molar-refractivity contribution >= 4 is 39.3 Å². The van der Waals surface area contributed by atoms with Crippen LogP contribution < -0.4 is 5.56 Å². The van der Waals surface area contributed by atoms with Gasteiger partial charge < -0.3 is 9.72 Å². The Bertz CT molecular complexity index is 1070. The fourth-order valence-electron chi connectivity index (χ4n) is 3.95. The normalized spacial score (nSPS) is 19.4. The molecule has 1 aliphatic rings. The molecule has 2 aromatic heterocycles. The molecule has 0 saturated heterocycles. The maximum Gasteiger partial charge on any atom is 0.316 e. The molecule has 1 fully saturated rings. The van der Waals surface area contributed by atoms with Crippen molar-refractivity contribution in [3.8, 4) is 11.1 Å². The van der Waals surface area contributed by atoms with E-state index in [2.05, 4.69) is 16.9 Å². The number of fused-ring (bicyclic) bond motifs is 1. The number of thioether (sulfide) groups is 1. The van der Waals surface area contributed by atoms with Gasteiger partial charge in [0.1, 0.15) is 10.9 Å². The number of rotatable bonds is 5. The number of carbonyl (C=O) groups is 1. The summed E-state index contributed by atoms with van der Waals surface area (Å²) in [6.07, 6.45) is 4.22. The number of hydrogen-bond acceptors (Lipinski definition) is 6. The fraction of sp³-hybridized carbons (Fsp3) is 0.409. The minimum absolute atomic E-state index is 0.0229. The van der Waals surface area contributed by atoms with Crippen LogP contribution in [-0.2, 0) is 9.53 Å². The molecule has 2 heterocycles. The molecular weight excluding hydrogens is 404 g/mol. The minimum atomic E-state index is -0.246. The molecule has 3 aromatic rings. The first kappa shape index (κ1) is 20.2. The Morgan fingerprint density at radius 1 is 1.31 bits per heavy atom. The fourth-order valence-corrected chi connectivity index (χ4v) is 5.70. The quantitative estimate of drug-likeness (QED) is 0.345. The van der Waals surface area contributed by atoms with E-state index in [9.17, 15) is 9.59 Å². The van der Waals surface area contributed by atoms with Gasteiger partial charge in [-0.25, -0.2) is 4.98 Å². The van der Waals surface area contributed by atoms with Crippen molar-refractivity contribution in [3.63, 3.8) is 0 Å². The number of aryl methyl sites for hydroxylation is 1. The maximum atomic E-state index is 12.8. The highest BCUT2D eigenvalue weighted by Crippen LogP contribution is 2.36. The van der Waals surface area contributed by atoms with Gasteiger partial charge in [-0.15, -0.1) is 11.3 Å². The summed E-state index contributed by atoms with van der Waals surface area (Å²) in [5.41, 5.74) is 1.77. The van der Waals surface area contributed by atoms with Gasteiger partial charge in [0, 0.05) is 10.4 Å². The molecule has 2 atom stereocenters. The van der Waals surface area contributed by atoms with Crippen LogP contribution in [0.1, 0.15) is 37.5 Å². The number of aromatic amines is 1. The van der Waals surface area contributed by atoms with Gasteiger partial charge in [0.05, 0.1) is 11.1 Å². The van der Waals surface area contributed by atoms with Gasteiger partial charge in [0.2, 0.25) is 0 Å². The molecule has 1 aromatic carbocycles. The molecule has 1 aliphatic carbocycles. The van der Waals surface area contributed by atoms with Gasteiger partial charge in [0.25, 0.3) is 5.56 Å². The summed E-state index contributed by atoms with van der Waals surface area (Å²) in [6.45, 7) is 4.20. The largest absolute Gasteiger partial charge is 0.462 e. The molecule has 0 bridgehead atoms. The molecule has 0 radical (unpaired) electrons. The third kappa shape index (κ3) is 4.56. The zero-order valence-corrected chi connectivity index (χ0v) is 18.2. The number of nitrogens with zero attached hydrogens (tertiary/aromatic N) is 1. The first-order valence-corrected chi connectivity index (χ1v) is 11.7. The number of H-pyrrole nitrogens is 1. The van der Waals surface area contributed by atoms with Crippen molar-refractivity contribution in [2.24, 2.45) is 5.92 Å². The summed E-state index contributed by atoms with van der Waals surface area (Å²) in [4.78, 5) is 34.2. The van der Waals surface area contributed by atoms with Crippen LogP contribution in [0.3, 0.4) is 0 Å². The lowest BCUT2D eigenvalue weighted by atomic mass is 9.89. The standard InChI is InChI=1S/C22H24N2O3S2/c1-13-7-6-10-16(11-13)27-17(25)12-28-22-23-20(26)19-18(14(2)29-21(19)24-22)15-8-4-3-5-9-15/h3-5,8-9,13,16H,6-7,10-12H2,1-2H3,(H,23,24,26). The highest BCUT2D eigenvalue weighted by molar-refractivity contribution is 7.99. The van der Waals surface area contributed by atoms with E-state index in [1.54, 1.807) is 0 Å². The van der Waals surface area contributed by atoms with E-state index in [1.165, 1.54) is 29.5 Å². The van der Waals surface area contributed by atoms with E-state index >= 15 is 0 Å². The first-order valence-electron chi connectivity index (χ1n) is 9.92. The van der Waals surface area contributed by atoms with E-state index in [4.69, 9.17) is 4.74 Å². The lowest BCUT2D eigenvalue weighted by Crippen LogP contribution is -2.25. The highest BCUT2D eigenvalue weighted by Gasteiger charge is 2.22. The van der Waals surface area contributed by atoms with Crippen molar-refractivity contribution in [2.75, 3.05) is 5.75 Å². The molecule has 1 N–H and O–H groups in total. The molecule has 4 rings (SSSR count). The molecule has 29 heavy (non-hydrogen) atoms. The van der Waals surface area contributed by atoms with Crippen molar-refractivity contribution in [1.82, 2.24) is 9.97 Å². The van der Waals surface area contributed by atoms with E-state index < -0.39 is 0 Å². The molecule has 0 spiro atoms. The van der Waals surface area contributed by atoms with Crippen LogP contribution in [0.25, 0.3) is 21.3 Å². The maximum absolute atomic E-state index is 12.8. The molecule has 0 amide bonds. The zero-order chi connectivity index (χ0) is 20.4. The molecule has 152 valence electrons. The van der Waals surface area contributed by atoms with E-state index in [0.29, 0.717) is 21.3 Å². The van der Waals surface area contributed by atoms with Gasteiger partial charge in [-0.2, -0.15) is 0 Å². The number of thiophene rings is 1. The van der Waals surface area contributed by atoms with E-state index in [1.807, 2.05) is 37.3 Å². The molecule has 0 aliphatic heterocycles. The third-order valence-corrected chi connectivity index (χ3v) is 7.14. The molecule has 5 nitrogen and oxygen atoms in total. The van der Waals surface area contributed by atoms with Crippen LogP contribution in [0.15, 0.2) is 40.3 Å². The molecular formula is C22H24N2O3S2. The number of nitrogens with one attached hydrogen (secondary N) is 1. The highest BCUT2D eigenvalue weighted by atomic mass is 32.2. The third-order valence-electron chi connectivity index (χ3n) is 5.29. The number of benzene rings is 1. The Morgan fingerprint density at radius 3 is 2.86 bits per heavy atom. The molecule has 7 heteroatoms. The first-order chi connectivity index (χ1) is 14.0. The second-order valence-corrected chi connectivity index (χ2v) is 9.79. The average molecular weight is 429 g/mol. The SMILES string of the molecule is Cc1sc2nc(SCC(=O)OC3CCCC(C)C3)[nH]c(=O)c2c1-c1ccccc1. The molecule has 1 saturated carbocycles.